The summed E-state index contributed by atoms with van der Waals surface area (Å²) in [6, 6.07) is 4.83. The van der Waals surface area contributed by atoms with Crippen LogP contribution in [0.4, 0.5) is 4.39 Å². The smallest absolute Gasteiger partial charge is 0.131 e. The Morgan fingerprint density at radius 1 is 1.31 bits per heavy atom. The van der Waals surface area contributed by atoms with Crippen LogP contribution in [0.3, 0.4) is 0 Å². The van der Waals surface area contributed by atoms with Crippen molar-refractivity contribution in [3.8, 4) is 5.75 Å². The molecule has 2 nitrogen and oxygen atoms in total. The molecule has 1 aromatic carbocycles. The summed E-state index contributed by atoms with van der Waals surface area (Å²) >= 11 is 0. The molecule has 0 bridgehead atoms. The number of rotatable bonds is 6. The molecule has 0 saturated carbocycles. The lowest BCUT2D eigenvalue weighted by Gasteiger charge is -2.16. The minimum absolute atomic E-state index is 0.172. The van der Waals surface area contributed by atoms with Gasteiger partial charge in [-0.05, 0) is 18.1 Å². The zero-order valence-electron chi connectivity index (χ0n) is 10.0. The maximum Gasteiger partial charge on any atom is 0.131 e. The second-order valence-corrected chi connectivity index (χ2v) is 3.91. The molecule has 1 rings (SSSR count). The topological polar surface area (TPSA) is 35.2 Å². The number of hydrogen-bond donors (Lipinski definition) is 1. The fourth-order valence-electron chi connectivity index (χ4n) is 1.60. The predicted molar refractivity (Wildman–Crippen MR) is 63.9 cm³/mol. The minimum atomic E-state index is -0.287. The molecule has 0 amide bonds. The molecule has 2 N–H and O–H groups in total. The first-order chi connectivity index (χ1) is 7.72. The zero-order valence-corrected chi connectivity index (χ0v) is 10.0. The second-order valence-electron chi connectivity index (χ2n) is 3.91. The Morgan fingerprint density at radius 2 is 2.00 bits per heavy atom. The van der Waals surface area contributed by atoms with Gasteiger partial charge in [0.2, 0.25) is 0 Å². The Balaban J connectivity index is 2.69. The third kappa shape index (κ3) is 3.20. The zero-order chi connectivity index (χ0) is 12.0. The van der Waals surface area contributed by atoms with Crippen molar-refractivity contribution < 1.29 is 9.13 Å². The van der Waals surface area contributed by atoms with E-state index in [1.54, 1.807) is 12.1 Å². The van der Waals surface area contributed by atoms with Crippen molar-refractivity contribution in [2.45, 2.75) is 33.2 Å². The van der Waals surface area contributed by atoms with Gasteiger partial charge in [0.25, 0.3) is 0 Å². The normalized spacial score (nSPS) is 10.8. The summed E-state index contributed by atoms with van der Waals surface area (Å²) in [4.78, 5) is 0. The highest BCUT2D eigenvalue weighted by atomic mass is 19.1. The molecule has 90 valence electrons. The average Bonchev–Trinajstić information content (AvgIpc) is 2.30. The van der Waals surface area contributed by atoms with Crippen molar-refractivity contribution in [2.24, 2.45) is 11.7 Å². The van der Waals surface area contributed by atoms with E-state index >= 15 is 0 Å². The molecule has 0 spiro atoms. The molecular weight excluding hydrogens is 205 g/mol. The monoisotopic (exact) mass is 225 g/mol. The molecule has 0 atom stereocenters. The number of hydrogen-bond acceptors (Lipinski definition) is 2. The fourth-order valence-corrected chi connectivity index (χ4v) is 1.60. The van der Waals surface area contributed by atoms with E-state index in [1.165, 1.54) is 6.07 Å². The van der Waals surface area contributed by atoms with Gasteiger partial charge in [0.05, 0.1) is 6.61 Å². The van der Waals surface area contributed by atoms with Crippen LogP contribution in [0.2, 0.25) is 0 Å². The summed E-state index contributed by atoms with van der Waals surface area (Å²) in [5.74, 6) is 0.813. The van der Waals surface area contributed by atoms with Crippen LogP contribution >= 0.6 is 0 Å². The molecule has 0 aliphatic heterocycles. The van der Waals surface area contributed by atoms with Gasteiger partial charge in [-0.25, -0.2) is 4.39 Å². The highest BCUT2D eigenvalue weighted by Crippen LogP contribution is 2.22. The van der Waals surface area contributed by atoms with Gasteiger partial charge in [0, 0.05) is 12.1 Å². The summed E-state index contributed by atoms with van der Waals surface area (Å²) < 4.78 is 19.0. The van der Waals surface area contributed by atoms with Gasteiger partial charge in [-0.1, -0.05) is 32.8 Å². The minimum Gasteiger partial charge on any atom is -0.493 e. The lowest BCUT2D eigenvalue weighted by atomic mass is 10.1. The maximum atomic E-state index is 13.4. The Labute approximate surface area is 96.6 Å². The van der Waals surface area contributed by atoms with Gasteiger partial charge in [-0.2, -0.15) is 0 Å². The number of ether oxygens (including phenoxy) is 1. The van der Waals surface area contributed by atoms with E-state index in [0.29, 0.717) is 23.8 Å². The summed E-state index contributed by atoms with van der Waals surface area (Å²) in [5, 5.41) is 0. The van der Waals surface area contributed by atoms with Gasteiger partial charge in [-0.15, -0.1) is 0 Å². The Bertz CT molecular complexity index is 324. The molecule has 0 radical (unpaired) electrons. The number of nitrogens with two attached hydrogens (primary N) is 1. The lowest BCUT2D eigenvalue weighted by molar-refractivity contribution is 0.237. The van der Waals surface area contributed by atoms with Crippen LogP contribution in [0.25, 0.3) is 0 Å². The molecule has 0 fully saturated rings. The largest absolute Gasteiger partial charge is 0.493 e. The van der Waals surface area contributed by atoms with E-state index in [4.69, 9.17) is 10.5 Å². The standard InChI is InChI=1S/C13H20FNO/c1-3-10(4-2)9-16-13-7-5-6-12(14)11(13)8-15/h5-7,10H,3-4,8-9,15H2,1-2H3. The van der Waals surface area contributed by atoms with E-state index in [2.05, 4.69) is 13.8 Å². The summed E-state index contributed by atoms with van der Waals surface area (Å²) in [6.45, 7) is 5.06. The van der Waals surface area contributed by atoms with E-state index in [-0.39, 0.29) is 12.4 Å². The molecule has 0 heterocycles. The predicted octanol–water partition coefficient (Wildman–Crippen LogP) is 3.10. The Hall–Kier alpha value is -1.09. The van der Waals surface area contributed by atoms with Crippen LogP contribution in [0.1, 0.15) is 32.3 Å². The highest BCUT2D eigenvalue weighted by Gasteiger charge is 2.10. The average molecular weight is 225 g/mol. The van der Waals surface area contributed by atoms with Gasteiger partial charge in [-0.3, -0.25) is 0 Å². The summed E-state index contributed by atoms with van der Waals surface area (Å²) in [5.41, 5.74) is 5.97. The van der Waals surface area contributed by atoms with Crippen LogP contribution < -0.4 is 10.5 Å². The van der Waals surface area contributed by atoms with Crippen molar-refractivity contribution in [2.75, 3.05) is 6.61 Å². The van der Waals surface area contributed by atoms with Crippen LogP contribution in [0.15, 0.2) is 18.2 Å². The molecule has 16 heavy (non-hydrogen) atoms. The quantitative estimate of drug-likeness (QED) is 0.807. The fraction of sp³-hybridized carbons (Fsp3) is 0.538. The van der Waals surface area contributed by atoms with Crippen LogP contribution in [-0.4, -0.2) is 6.61 Å². The molecule has 3 heteroatoms. The van der Waals surface area contributed by atoms with E-state index < -0.39 is 0 Å². The summed E-state index contributed by atoms with van der Waals surface area (Å²) in [7, 11) is 0. The molecular formula is C13H20FNO. The van der Waals surface area contributed by atoms with Gasteiger partial charge in [0.15, 0.2) is 0 Å². The van der Waals surface area contributed by atoms with E-state index in [0.717, 1.165) is 12.8 Å². The van der Waals surface area contributed by atoms with Crippen LogP contribution in [0.5, 0.6) is 5.75 Å². The van der Waals surface area contributed by atoms with Crippen LogP contribution in [0, 0.1) is 11.7 Å². The number of benzene rings is 1. The molecule has 0 aromatic heterocycles. The van der Waals surface area contributed by atoms with E-state index in [9.17, 15) is 4.39 Å². The molecule has 0 unspecified atom stereocenters. The third-order valence-electron chi connectivity index (χ3n) is 2.91. The molecule has 0 aliphatic rings. The first-order valence-corrected chi connectivity index (χ1v) is 5.83. The van der Waals surface area contributed by atoms with Gasteiger partial charge >= 0.3 is 0 Å². The maximum absolute atomic E-state index is 13.4. The summed E-state index contributed by atoms with van der Waals surface area (Å²) in [6.07, 6.45) is 2.15. The SMILES string of the molecule is CCC(CC)COc1cccc(F)c1CN. The van der Waals surface area contributed by atoms with Crippen molar-refractivity contribution >= 4 is 0 Å². The number of halogens is 1. The molecule has 0 aliphatic carbocycles. The van der Waals surface area contributed by atoms with Crippen molar-refractivity contribution in [1.29, 1.82) is 0 Å². The highest BCUT2D eigenvalue weighted by molar-refractivity contribution is 5.34. The first kappa shape index (κ1) is 13.0. The Morgan fingerprint density at radius 3 is 2.56 bits per heavy atom. The van der Waals surface area contributed by atoms with Crippen molar-refractivity contribution in [1.82, 2.24) is 0 Å². The van der Waals surface area contributed by atoms with E-state index in [1.807, 2.05) is 0 Å². The van der Waals surface area contributed by atoms with Crippen LogP contribution in [-0.2, 0) is 6.54 Å². The lowest BCUT2D eigenvalue weighted by Crippen LogP contribution is -2.12. The molecule has 0 saturated heterocycles. The third-order valence-corrected chi connectivity index (χ3v) is 2.91. The second kappa shape index (κ2) is 6.48. The molecule has 1 aromatic rings. The van der Waals surface area contributed by atoms with Gasteiger partial charge < -0.3 is 10.5 Å². The Kier molecular flexibility index (Phi) is 5.26. The van der Waals surface area contributed by atoms with Gasteiger partial charge in [0.1, 0.15) is 11.6 Å². The first-order valence-electron chi connectivity index (χ1n) is 5.83. The van der Waals surface area contributed by atoms with Crippen molar-refractivity contribution in [3.05, 3.63) is 29.6 Å². The van der Waals surface area contributed by atoms with Crippen molar-refractivity contribution in [3.63, 3.8) is 0 Å².